The molecule has 0 saturated carbocycles. The molecule has 11 nitrogen and oxygen atoms in total. The standard InChI is InChI=1S/C19H22ClN4O7/c1-29-13-9-11-8-12(21-16(11)18(31-3)17(13)30-2)19(26)23-10-15(24(27)28)22(6-7-25)14(23)4-5-20/h4,8-10,14,21,25H,5-7H2,1-3H3. The van der Waals surface area contributed by atoms with E-state index in [4.69, 9.17) is 25.8 Å². The van der Waals surface area contributed by atoms with Gasteiger partial charge in [-0.2, -0.15) is 0 Å². The molecule has 1 aromatic carbocycles. The summed E-state index contributed by atoms with van der Waals surface area (Å²) in [5, 5.41) is 21.4. The average Bonchev–Trinajstić information content (AvgIpc) is 3.34. The molecule has 0 bridgehead atoms. The predicted molar refractivity (Wildman–Crippen MR) is 112 cm³/mol. The van der Waals surface area contributed by atoms with Crippen molar-refractivity contribution in [1.82, 2.24) is 14.8 Å². The SMILES string of the molecule is COc1cc2cc(C(=O)N3C=C([N+](=O)[O-])N(CCO)C3[CH]CCl)[nH]c2c(OC)c1OC. The molecule has 167 valence electrons. The van der Waals surface area contributed by atoms with Crippen LogP contribution in [0.4, 0.5) is 0 Å². The number of aromatic nitrogens is 1. The van der Waals surface area contributed by atoms with Gasteiger partial charge in [0.1, 0.15) is 18.4 Å². The lowest BCUT2D eigenvalue weighted by Gasteiger charge is -2.25. The van der Waals surface area contributed by atoms with E-state index in [1.54, 1.807) is 12.1 Å². The highest BCUT2D eigenvalue weighted by atomic mass is 35.5. The van der Waals surface area contributed by atoms with Crippen LogP contribution in [0.5, 0.6) is 17.2 Å². The lowest BCUT2D eigenvalue weighted by atomic mass is 10.2. The van der Waals surface area contributed by atoms with E-state index >= 15 is 0 Å². The van der Waals surface area contributed by atoms with Gasteiger partial charge in [-0.3, -0.25) is 9.69 Å². The quantitative estimate of drug-likeness (QED) is 0.334. The highest BCUT2D eigenvalue weighted by Gasteiger charge is 2.43. The van der Waals surface area contributed by atoms with E-state index in [1.165, 1.54) is 37.6 Å². The summed E-state index contributed by atoms with van der Waals surface area (Å²) in [4.78, 5) is 29.7. The van der Waals surface area contributed by atoms with Crippen LogP contribution in [0.1, 0.15) is 10.5 Å². The van der Waals surface area contributed by atoms with Gasteiger partial charge in [-0.25, -0.2) is 4.90 Å². The first kappa shape index (κ1) is 22.5. The summed E-state index contributed by atoms with van der Waals surface area (Å²) >= 11 is 5.83. The zero-order valence-corrected chi connectivity index (χ0v) is 17.9. The maximum Gasteiger partial charge on any atom is 0.336 e. The van der Waals surface area contributed by atoms with E-state index in [1.807, 2.05) is 0 Å². The number of halogens is 1. The van der Waals surface area contributed by atoms with Gasteiger partial charge in [0, 0.05) is 17.7 Å². The highest BCUT2D eigenvalue weighted by molar-refractivity contribution is 6.18. The van der Waals surface area contributed by atoms with Crippen LogP contribution < -0.4 is 14.2 Å². The van der Waals surface area contributed by atoms with Crippen LogP contribution in [-0.4, -0.2) is 77.2 Å². The number of fused-ring (bicyclic) bond motifs is 1. The number of H-pyrrole nitrogens is 1. The number of aliphatic hydroxyl groups excluding tert-OH is 1. The minimum absolute atomic E-state index is 0.0381. The third-order valence-corrected chi connectivity index (χ3v) is 5.04. The zero-order chi connectivity index (χ0) is 22.7. The third kappa shape index (κ3) is 3.93. The Bertz CT molecular complexity index is 1020. The van der Waals surface area contributed by atoms with Crippen LogP contribution in [0.15, 0.2) is 24.2 Å². The summed E-state index contributed by atoms with van der Waals surface area (Å²) in [5.74, 6) is 0.337. The molecule has 1 atom stereocenters. The second kappa shape index (κ2) is 9.31. The summed E-state index contributed by atoms with van der Waals surface area (Å²) < 4.78 is 16.2. The number of methoxy groups -OCH3 is 3. The van der Waals surface area contributed by atoms with Crippen molar-refractivity contribution in [3.8, 4) is 17.2 Å². The smallest absolute Gasteiger partial charge is 0.336 e. The number of nitro groups is 1. The van der Waals surface area contributed by atoms with Crippen LogP contribution in [0, 0.1) is 16.5 Å². The normalized spacial score (nSPS) is 15.9. The molecule has 2 aromatic rings. The molecule has 1 radical (unpaired) electrons. The Kier molecular flexibility index (Phi) is 6.76. The summed E-state index contributed by atoms with van der Waals surface area (Å²) in [6, 6.07) is 3.28. The number of carbonyl (C=O) groups excluding carboxylic acids is 1. The molecule has 2 heterocycles. The lowest BCUT2D eigenvalue weighted by molar-refractivity contribution is -0.445. The number of hydrogen-bond donors (Lipinski definition) is 2. The van der Waals surface area contributed by atoms with Crippen molar-refractivity contribution in [2.75, 3.05) is 40.4 Å². The first-order valence-electron chi connectivity index (χ1n) is 9.19. The van der Waals surface area contributed by atoms with Crippen molar-refractivity contribution in [3.63, 3.8) is 0 Å². The van der Waals surface area contributed by atoms with Crippen LogP contribution >= 0.6 is 11.6 Å². The summed E-state index contributed by atoms with van der Waals surface area (Å²) in [6.45, 7) is -0.368. The maximum absolute atomic E-state index is 13.3. The number of aromatic amines is 1. The van der Waals surface area contributed by atoms with Crippen molar-refractivity contribution in [2.45, 2.75) is 6.17 Å². The molecule has 0 saturated heterocycles. The molecule has 3 rings (SSSR count). The fraction of sp³-hybridized carbons (Fsp3) is 0.368. The second-order valence-corrected chi connectivity index (χ2v) is 6.78. The van der Waals surface area contributed by atoms with Gasteiger partial charge < -0.3 is 34.4 Å². The number of amides is 1. The van der Waals surface area contributed by atoms with Gasteiger partial charge in [-0.15, -0.1) is 11.6 Å². The largest absolute Gasteiger partial charge is 0.493 e. The molecular formula is C19H22ClN4O7. The first-order valence-corrected chi connectivity index (χ1v) is 9.72. The van der Waals surface area contributed by atoms with Crippen molar-refractivity contribution in [2.24, 2.45) is 0 Å². The molecular weight excluding hydrogens is 432 g/mol. The zero-order valence-electron chi connectivity index (χ0n) is 17.1. The van der Waals surface area contributed by atoms with Crippen molar-refractivity contribution in [1.29, 1.82) is 0 Å². The fourth-order valence-corrected chi connectivity index (χ4v) is 3.72. The van der Waals surface area contributed by atoms with Crippen LogP contribution in [0.2, 0.25) is 0 Å². The maximum atomic E-state index is 13.3. The number of ether oxygens (including phenoxy) is 3. The Labute approximate surface area is 182 Å². The number of benzene rings is 1. The van der Waals surface area contributed by atoms with E-state index in [0.29, 0.717) is 28.2 Å². The highest BCUT2D eigenvalue weighted by Crippen LogP contribution is 2.43. The Hall–Kier alpha value is -3.18. The van der Waals surface area contributed by atoms with E-state index in [2.05, 4.69) is 4.98 Å². The van der Waals surface area contributed by atoms with Gasteiger partial charge in [-0.1, -0.05) is 0 Å². The third-order valence-electron chi connectivity index (χ3n) is 4.87. The molecule has 0 spiro atoms. The minimum atomic E-state index is -0.824. The molecule has 1 aromatic heterocycles. The number of aliphatic hydroxyl groups is 1. The molecule has 1 aliphatic rings. The molecule has 12 heteroatoms. The number of carbonyl (C=O) groups is 1. The Morgan fingerprint density at radius 2 is 2.00 bits per heavy atom. The van der Waals surface area contributed by atoms with E-state index in [-0.39, 0.29) is 30.5 Å². The monoisotopic (exact) mass is 453 g/mol. The van der Waals surface area contributed by atoms with Gasteiger partial charge in [0.15, 0.2) is 17.7 Å². The molecule has 1 unspecified atom stereocenters. The van der Waals surface area contributed by atoms with Crippen LogP contribution in [0.25, 0.3) is 10.9 Å². The first-order chi connectivity index (χ1) is 14.9. The molecule has 0 fully saturated rings. The van der Waals surface area contributed by atoms with E-state index in [0.717, 1.165) is 6.20 Å². The Morgan fingerprint density at radius 1 is 1.29 bits per heavy atom. The lowest BCUT2D eigenvalue weighted by Crippen LogP contribution is -2.45. The Balaban J connectivity index is 2.07. The van der Waals surface area contributed by atoms with Gasteiger partial charge in [-0.05, 0) is 17.1 Å². The van der Waals surface area contributed by atoms with E-state index in [9.17, 15) is 20.0 Å². The number of rotatable bonds is 9. The van der Waals surface area contributed by atoms with E-state index < -0.39 is 17.0 Å². The molecule has 31 heavy (non-hydrogen) atoms. The van der Waals surface area contributed by atoms with Gasteiger partial charge in [0.2, 0.25) is 5.75 Å². The summed E-state index contributed by atoms with van der Waals surface area (Å²) in [5.41, 5.74) is 0.674. The average molecular weight is 454 g/mol. The molecule has 1 amide bonds. The predicted octanol–water partition coefficient (Wildman–Crippen LogP) is 1.79. The molecule has 1 aliphatic heterocycles. The van der Waals surface area contributed by atoms with Crippen LogP contribution in [0.3, 0.4) is 0 Å². The van der Waals surface area contributed by atoms with Gasteiger partial charge >= 0.3 is 5.82 Å². The fourth-order valence-electron chi connectivity index (χ4n) is 3.56. The van der Waals surface area contributed by atoms with Crippen LogP contribution in [-0.2, 0) is 0 Å². The van der Waals surface area contributed by atoms with Crippen molar-refractivity contribution >= 4 is 28.4 Å². The summed E-state index contributed by atoms with van der Waals surface area (Å²) in [6.07, 6.45) is 1.85. The number of nitrogens with one attached hydrogen (secondary N) is 1. The molecule has 0 aliphatic carbocycles. The Morgan fingerprint density at radius 3 is 2.55 bits per heavy atom. The van der Waals surface area contributed by atoms with Gasteiger partial charge in [0.05, 0.1) is 33.5 Å². The second-order valence-electron chi connectivity index (χ2n) is 6.47. The number of alkyl halides is 1. The summed E-state index contributed by atoms with van der Waals surface area (Å²) in [7, 11) is 4.42. The minimum Gasteiger partial charge on any atom is -0.493 e. The number of β-amino-alcohol motifs (C(OH)–C–C–N with tert-alkyl or cyclic N) is 1. The molecule has 2 N–H and O–H groups in total. The number of nitrogens with zero attached hydrogens (tertiary/aromatic N) is 3. The number of hydrogen-bond acceptors (Lipinski definition) is 8. The van der Waals surface area contributed by atoms with Crippen molar-refractivity contribution in [3.05, 3.63) is 46.4 Å². The topological polar surface area (TPSA) is 130 Å². The van der Waals surface area contributed by atoms with Crippen molar-refractivity contribution < 1.29 is 29.0 Å². The van der Waals surface area contributed by atoms with Gasteiger partial charge in [0.25, 0.3) is 5.91 Å².